The van der Waals surface area contributed by atoms with Crippen LogP contribution in [0.4, 0.5) is 0 Å². The molecular formula is C26H38O4. The molecule has 8 bridgehead atoms. The number of carbonyl (C=O) groups is 2. The van der Waals surface area contributed by atoms with Gasteiger partial charge >= 0.3 is 11.9 Å². The Hall–Kier alpha value is -1.06. The van der Waals surface area contributed by atoms with E-state index >= 15 is 0 Å². The summed E-state index contributed by atoms with van der Waals surface area (Å²) in [4.78, 5) is 26.5. The number of ether oxygens (including phenoxy) is 2. The van der Waals surface area contributed by atoms with E-state index in [9.17, 15) is 9.59 Å². The van der Waals surface area contributed by atoms with Crippen LogP contribution in [0.3, 0.4) is 0 Å². The van der Waals surface area contributed by atoms with Gasteiger partial charge in [0.2, 0.25) is 0 Å². The molecule has 4 unspecified atom stereocenters. The van der Waals surface area contributed by atoms with Gasteiger partial charge in [0.25, 0.3) is 0 Å². The average molecular weight is 415 g/mol. The zero-order valence-corrected chi connectivity index (χ0v) is 18.8. The first-order valence-corrected chi connectivity index (χ1v) is 12.7. The topological polar surface area (TPSA) is 52.6 Å². The maximum Gasteiger partial charge on any atom is 0.312 e. The fourth-order valence-corrected chi connectivity index (χ4v) is 10.8. The van der Waals surface area contributed by atoms with Gasteiger partial charge in [-0.3, -0.25) is 9.59 Å². The van der Waals surface area contributed by atoms with Gasteiger partial charge in [-0.25, -0.2) is 0 Å². The first kappa shape index (κ1) is 19.6. The second-order valence-electron chi connectivity index (χ2n) is 12.5. The summed E-state index contributed by atoms with van der Waals surface area (Å²) in [6.45, 7) is 4.86. The highest BCUT2D eigenvalue weighted by molar-refractivity contribution is 5.78. The van der Waals surface area contributed by atoms with Crippen LogP contribution in [-0.2, 0) is 19.1 Å². The minimum absolute atomic E-state index is 0.0910. The Labute approximate surface area is 180 Å². The molecule has 8 aliphatic carbocycles. The quantitative estimate of drug-likeness (QED) is 0.574. The van der Waals surface area contributed by atoms with Crippen molar-refractivity contribution in [3.8, 4) is 0 Å². The summed E-state index contributed by atoms with van der Waals surface area (Å²) in [5.41, 5.74) is 0.0275. The molecular weight excluding hydrogens is 376 g/mol. The lowest BCUT2D eigenvalue weighted by Crippen LogP contribution is -2.66. The Morgan fingerprint density at radius 2 is 0.967 bits per heavy atom. The van der Waals surface area contributed by atoms with E-state index in [1.54, 1.807) is 0 Å². The fraction of sp³-hybridized carbons (Fsp3) is 0.923. The van der Waals surface area contributed by atoms with Crippen molar-refractivity contribution in [2.24, 2.45) is 45.3 Å². The van der Waals surface area contributed by atoms with E-state index in [0.717, 1.165) is 38.5 Å². The molecule has 0 aromatic rings. The molecule has 30 heavy (non-hydrogen) atoms. The van der Waals surface area contributed by atoms with Crippen LogP contribution >= 0.6 is 0 Å². The molecule has 0 spiro atoms. The van der Waals surface area contributed by atoms with Crippen molar-refractivity contribution in [1.29, 1.82) is 0 Å². The van der Waals surface area contributed by atoms with Crippen molar-refractivity contribution < 1.29 is 19.1 Å². The van der Waals surface area contributed by atoms with Crippen molar-refractivity contribution in [2.75, 3.05) is 13.2 Å². The van der Waals surface area contributed by atoms with Crippen LogP contribution in [0.1, 0.15) is 90.9 Å². The first-order valence-electron chi connectivity index (χ1n) is 12.7. The number of rotatable bonds is 5. The summed E-state index contributed by atoms with van der Waals surface area (Å²) in [5.74, 6) is 2.91. The lowest BCUT2D eigenvalue weighted by atomic mass is 9.31. The monoisotopic (exact) mass is 414 g/mol. The van der Waals surface area contributed by atoms with E-state index in [2.05, 4.69) is 0 Å². The summed E-state index contributed by atoms with van der Waals surface area (Å²) < 4.78 is 11.3. The molecule has 4 atom stereocenters. The van der Waals surface area contributed by atoms with E-state index in [1.807, 2.05) is 13.8 Å². The van der Waals surface area contributed by atoms with E-state index in [-0.39, 0.29) is 33.6 Å². The minimum atomic E-state index is -0.236. The normalized spacial score (nSPS) is 52.5. The van der Waals surface area contributed by atoms with Crippen LogP contribution in [0, 0.1) is 45.3 Å². The zero-order valence-electron chi connectivity index (χ0n) is 18.8. The van der Waals surface area contributed by atoms with Gasteiger partial charge in [0.15, 0.2) is 0 Å². The van der Waals surface area contributed by atoms with Crippen LogP contribution in [-0.4, -0.2) is 25.2 Å². The Morgan fingerprint density at radius 1 is 0.633 bits per heavy atom. The Morgan fingerprint density at radius 3 is 1.27 bits per heavy atom. The number of hydrogen-bond acceptors (Lipinski definition) is 4. The smallest absolute Gasteiger partial charge is 0.312 e. The summed E-state index contributed by atoms with van der Waals surface area (Å²) in [6, 6.07) is 0. The van der Waals surface area contributed by atoms with Crippen LogP contribution in [0.15, 0.2) is 0 Å². The summed E-state index contributed by atoms with van der Waals surface area (Å²) in [7, 11) is 0. The molecule has 0 saturated heterocycles. The highest BCUT2D eigenvalue weighted by atomic mass is 16.5. The summed E-state index contributed by atoms with van der Waals surface area (Å²) >= 11 is 0. The predicted octanol–water partition coefficient (Wildman–Crippen LogP) is 5.29. The van der Waals surface area contributed by atoms with Crippen LogP contribution in [0.5, 0.6) is 0 Å². The van der Waals surface area contributed by atoms with Gasteiger partial charge in [0.1, 0.15) is 0 Å². The maximum absolute atomic E-state index is 13.2. The maximum atomic E-state index is 13.2. The summed E-state index contributed by atoms with van der Waals surface area (Å²) in [5, 5.41) is 0. The second-order valence-corrected chi connectivity index (χ2v) is 12.5. The molecule has 0 amide bonds. The third-order valence-corrected chi connectivity index (χ3v) is 10.7. The molecule has 0 aliphatic heterocycles. The minimum Gasteiger partial charge on any atom is -0.466 e. The van der Waals surface area contributed by atoms with E-state index in [1.165, 1.54) is 38.5 Å². The Bertz CT molecular complexity index is 677. The molecule has 8 saturated carbocycles. The Kier molecular flexibility index (Phi) is 4.09. The van der Waals surface area contributed by atoms with Gasteiger partial charge in [-0.1, -0.05) is 0 Å². The van der Waals surface area contributed by atoms with Crippen molar-refractivity contribution in [1.82, 2.24) is 0 Å². The average Bonchev–Trinajstić information content (AvgIpc) is 2.66. The van der Waals surface area contributed by atoms with Crippen molar-refractivity contribution in [3.63, 3.8) is 0 Å². The van der Waals surface area contributed by atoms with Gasteiger partial charge in [0.05, 0.1) is 24.0 Å². The van der Waals surface area contributed by atoms with Crippen molar-refractivity contribution >= 4 is 11.9 Å². The largest absolute Gasteiger partial charge is 0.466 e. The lowest BCUT2D eigenvalue weighted by Gasteiger charge is -2.73. The molecule has 0 heterocycles. The molecule has 0 aromatic heterocycles. The van der Waals surface area contributed by atoms with Gasteiger partial charge in [0, 0.05) is 0 Å². The molecule has 8 aliphatic rings. The second kappa shape index (κ2) is 6.25. The lowest BCUT2D eigenvalue weighted by molar-refractivity contribution is -0.244. The summed E-state index contributed by atoms with van der Waals surface area (Å²) in [6.07, 6.45) is 14.1. The third-order valence-electron chi connectivity index (χ3n) is 10.7. The number of hydrogen-bond donors (Lipinski definition) is 0. The molecule has 8 rings (SSSR count). The van der Waals surface area contributed by atoms with Crippen LogP contribution < -0.4 is 0 Å². The van der Waals surface area contributed by atoms with Gasteiger partial charge < -0.3 is 9.47 Å². The zero-order chi connectivity index (χ0) is 20.8. The van der Waals surface area contributed by atoms with Crippen molar-refractivity contribution in [3.05, 3.63) is 0 Å². The van der Waals surface area contributed by atoms with Crippen LogP contribution in [0.2, 0.25) is 0 Å². The highest BCUT2D eigenvalue weighted by Gasteiger charge is 2.72. The fourth-order valence-electron chi connectivity index (χ4n) is 10.8. The first-order chi connectivity index (χ1) is 14.4. The van der Waals surface area contributed by atoms with Gasteiger partial charge in [-0.2, -0.15) is 0 Å². The Balaban J connectivity index is 1.40. The van der Waals surface area contributed by atoms with Gasteiger partial charge in [-0.05, 0) is 125 Å². The highest BCUT2D eigenvalue weighted by Crippen LogP contribution is 2.78. The molecule has 4 heteroatoms. The van der Waals surface area contributed by atoms with E-state index < -0.39 is 0 Å². The van der Waals surface area contributed by atoms with Crippen molar-refractivity contribution in [2.45, 2.75) is 90.9 Å². The van der Waals surface area contributed by atoms with E-state index in [4.69, 9.17) is 9.47 Å². The van der Waals surface area contributed by atoms with Gasteiger partial charge in [-0.15, -0.1) is 0 Å². The molecule has 8 fully saturated rings. The molecule has 0 radical (unpaired) electrons. The predicted molar refractivity (Wildman–Crippen MR) is 112 cm³/mol. The molecule has 0 aromatic carbocycles. The molecule has 4 nitrogen and oxygen atoms in total. The van der Waals surface area contributed by atoms with Crippen LogP contribution in [0.25, 0.3) is 0 Å². The number of esters is 2. The molecule has 166 valence electrons. The standard InChI is InChI=1S/C26H38O4/c1-3-29-21(27)23-7-17-5-18(8-23)12-25(11-17,15-23)26-13-19-6-20(14-26)10-24(9-19,16-26)22(28)30-4-2/h17-20H,3-16H2,1-2H3. The third kappa shape index (κ3) is 2.45. The number of carbonyl (C=O) groups excluding carboxylic acids is 2. The molecule has 0 N–H and O–H groups in total. The SMILES string of the molecule is CCOC(=O)C12CC3CC(C1)CC(C14CC5CC(CC(C(=O)OCC)(C5)C1)C4)(C3)C2. The van der Waals surface area contributed by atoms with E-state index in [0.29, 0.717) is 36.9 Å².